The molecule has 4 fully saturated rings. The van der Waals surface area contributed by atoms with Gasteiger partial charge in [0.1, 0.15) is 23.7 Å². The summed E-state index contributed by atoms with van der Waals surface area (Å²) in [5, 5.41) is 9.13. The number of aromatic nitrogens is 2. The molecule has 4 aliphatic rings. The van der Waals surface area contributed by atoms with Gasteiger partial charge in [0, 0.05) is 114 Å². The summed E-state index contributed by atoms with van der Waals surface area (Å²) in [7, 11) is 0. The minimum absolute atomic E-state index is 0.0444. The Labute approximate surface area is 510 Å². The number of carbonyl (C=O) groups excluding carboxylic acids is 2. The van der Waals surface area contributed by atoms with Crippen molar-refractivity contribution in [2.45, 2.75) is 102 Å². The number of H-pyrrole nitrogens is 1. The van der Waals surface area contributed by atoms with Crippen molar-refractivity contribution in [3.8, 4) is 17.4 Å². The van der Waals surface area contributed by atoms with E-state index in [0.29, 0.717) is 19.1 Å². The van der Waals surface area contributed by atoms with Gasteiger partial charge in [-0.25, -0.2) is 14.6 Å². The van der Waals surface area contributed by atoms with Gasteiger partial charge in [0.2, 0.25) is 18.2 Å². The average Bonchev–Trinajstić information content (AvgIpc) is 4.18. The highest BCUT2D eigenvalue weighted by Gasteiger charge is 2.22. The first-order chi connectivity index (χ1) is 41.8. The van der Waals surface area contributed by atoms with Crippen LogP contribution < -0.4 is 29.6 Å². The Hall–Kier alpha value is -6.83. The van der Waals surface area contributed by atoms with Crippen LogP contribution in [0.1, 0.15) is 89.9 Å². The second kappa shape index (κ2) is 32.1. The third kappa shape index (κ3) is 18.3. The van der Waals surface area contributed by atoms with Gasteiger partial charge in [-0.15, -0.1) is 22.7 Å². The lowest BCUT2D eigenvalue weighted by atomic mass is 9.98. The number of anilines is 2. The lowest BCUT2D eigenvalue weighted by Crippen LogP contribution is -2.46. The highest BCUT2D eigenvalue weighted by Crippen LogP contribution is 2.33. The van der Waals surface area contributed by atoms with Gasteiger partial charge in [-0.05, 0) is 179 Å². The van der Waals surface area contributed by atoms with Gasteiger partial charge in [0.25, 0.3) is 0 Å². The Morgan fingerprint density at radius 1 is 0.553 bits per heavy atom. The average molecular weight is 1220 g/mol. The van der Waals surface area contributed by atoms with Gasteiger partial charge in [-0.1, -0.05) is 36.6 Å². The van der Waals surface area contributed by atoms with Crippen molar-refractivity contribution < 1.29 is 42.7 Å². The molecule has 12 rings (SSSR count). The molecule has 16 nitrogen and oxygen atoms in total. The number of ether oxygens (including phenoxy) is 7. The van der Waals surface area contributed by atoms with Crippen LogP contribution in [0, 0.1) is 0 Å². The summed E-state index contributed by atoms with van der Waals surface area (Å²) in [6, 6.07) is 36.5. The number of hydrogen-bond donors (Lipinski definition) is 1. The van der Waals surface area contributed by atoms with Crippen molar-refractivity contribution in [1.82, 2.24) is 19.8 Å². The third-order valence-electron chi connectivity index (χ3n) is 16.2. The number of benzene rings is 4. The van der Waals surface area contributed by atoms with Crippen LogP contribution in [0.25, 0.3) is 42.0 Å². The Morgan fingerprint density at radius 3 is 1.64 bits per heavy atom. The Morgan fingerprint density at radius 2 is 1.07 bits per heavy atom. The predicted molar refractivity (Wildman–Crippen MR) is 342 cm³/mol. The molecular weight excluding hydrogens is 1140 g/mol. The van der Waals surface area contributed by atoms with Crippen LogP contribution in [0.15, 0.2) is 125 Å². The van der Waals surface area contributed by atoms with E-state index < -0.39 is 12.3 Å². The summed E-state index contributed by atoms with van der Waals surface area (Å²) in [6.45, 7) is 12.0. The van der Waals surface area contributed by atoms with Crippen LogP contribution in [0.5, 0.6) is 17.4 Å². The van der Waals surface area contributed by atoms with E-state index in [9.17, 15) is 14.4 Å². The number of hydrogen-bond acceptors (Lipinski definition) is 17. The Balaban J connectivity index is 0.000000163. The summed E-state index contributed by atoms with van der Waals surface area (Å²) in [6.07, 6.45) is 13.5. The fraction of sp³-hybridized carbons (Fsp3) is 0.455. The van der Waals surface area contributed by atoms with Gasteiger partial charge >= 0.3 is 12.3 Å². The van der Waals surface area contributed by atoms with Crippen molar-refractivity contribution in [2.75, 3.05) is 101 Å². The molecule has 19 heteroatoms. The Bertz CT molecular complexity index is 3420. The van der Waals surface area contributed by atoms with Crippen molar-refractivity contribution in [3.63, 3.8) is 0 Å². The van der Waals surface area contributed by atoms with Gasteiger partial charge in [-0.2, -0.15) is 0 Å². The minimum atomic E-state index is -0.687. The zero-order valence-corrected chi connectivity index (χ0v) is 50.9. The first-order valence-electron chi connectivity index (χ1n) is 30.3. The zero-order valence-electron chi connectivity index (χ0n) is 48.5. The number of rotatable bonds is 20. The molecule has 2 aliphatic heterocycles. The van der Waals surface area contributed by atoms with E-state index in [4.69, 9.17) is 40.0 Å². The fourth-order valence-electron chi connectivity index (χ4n) is 11.5. The van der Waals surface area contributed by atoms with E-state index in [1.54, 1.807) is 12.1 Å². The molecule has 2 saturated heterocycles. The molecule has 0 amide bonds. The normalized spacial score (nSPS) is 16.3. The zero-order chi connectivity index (χ0) is 58.4. The smallest absolute Gasteiger partial charge is 0.494 e. The topological polar surface area (TPSA) is 157 Å². The molecule has 0 unspecified atom stereocenters. The third-order valence-corrected chi connectivity index (χ3v) is 18.0. The number of nitrogens with one attached hydrogen (secondary N) is 1. The van der Waals surface area contributed by atoms with E-state index >= 15 is 0 Å². The fourth-order valence-corrected chi connectivity index (χ4v) is 13.2. The molecule has 0 radical (unpaired) electrons. The van der Waals surface area contributed by atoms with Crippen molar-refractivity contribution in [2.24, 2.45) is 0 Å². The summed E-state index contributed by atoms with van der Waals surface area (Å²) in [5.41, 5.74) is 4.25. The van der Waals surface area contributed by atoms with E-state index in [1.807, 2.05) is 71.2 Å². The second-order valence-corrected chi connectivity index (χ2v) is 24.1. The molecule has 2 saturated carbocycles. The van der Waals surface area contributed by atoms with E-state index in [-0.39, 0.29) is 30.6 Å². The summed E-state index contributed by atoms with van der Waals surface area (Å²) in [5.74, 6) is 1.98. The Kier molecular flexibility index (Phi) is 23.1. The monoisotopic (exact) mass is 1210 g/mol. The van der Waals surface area contributed by atoms with Crippen LogP contribution in [0.4, 0.5) is 21.0 Å². The lowest BCUT2D eigenvalue weighted by Gasteiger charge is -2.36. The standard InChI is InChI=1S/C33H39N3O5S.C25H27N3O2S.C8H13ClO3/c37-33(41-26-7-2-1-3-8-26)40-24-39-32-14-12-25-11-13-27(23-29(25)34-32)38-21-5-4-16-35-17-19-36(20-18-35)30-9-6-10-31-28(30)15-22-42-31;29-25-9-7-19-6-8-20(18-22(19)26-25)30-16-2-1-11-27-12-14-28(15-13-27)23-4-3-5-24-21(23)10-17-31-24;9-6-11-8(10)12-7-4-2-1-3-5-7/h6,9-15,22-23,26H,1-5,7-8,16-21,24H2;3-10,17-18H,1-2,11-16H2,(H,26,29);7H,1-6H2. The summed E-state index contributed by atoms with van der Waals surface area (Å²) < 4.78 is 40.1. The van der Waals surface area contributed by atoms with Crippen LogP contribution in [0.2, 0.25) is 0 Å². The number of thiophene rings is 2. The first kappa shape index (κ1) is 61.3. The first-order valence-corrected chi connectivity index (χ1v) is 32.6. The van der Waals surface area contributed by atoms with Crippen molar-refractivity contribution in [3.05, 3.63) is 130 Å². The molecule has 85 heavy (non-hydrogen) atoms. The maximum absolute atomic E-state index is 11.9. The molecule has 4 aromatic heterocycles. The summed E-state index contributed by atoms with van der Waals surface area (Å²) in [4.78, 5) is 51.8. The number of nitrogens with zero attached hydrogens (tertiary/aromatic N) is 5. The lowest BCUT2D eigenvalue weighted by molar-refractivity contribution is -0.0234. The number of alkyl halides is 1. The molecule has 0 atom stereocenters. The van der Waals surface area contributed by atoms with E-state index in [1.165, 1.54) is 44.4 Å². The number of pyridine rings is 2. The molecular formula is C66H79ClN6O10S2. The highest BCUT2D eigenvalue weighted by atomic mass is 35.5. The number of fused-ring (bicyclic) bond motifs is 4. The quantitative estimate of drug-likeness (QED) is 0.0332. The van der Waals surface area contributed by atoms with Gasteiger partial charge in [0.05, 0.1) is 24.2 Å². The van der Waals surface area contributed by atoms with Crippen molar-refractivity contribution in [1.29, 1.82) is 0 Å². The van der Waals surface area contributed by atoms with Crippen LogP contribution in [-0.4, -0.2) is 136 Å². The van der Waals surface area contributed by atoms with Crippen molar-refractivity contribution >= 4 is 99.9 Å². The molecule has 8 aromatic rings. The van der Waals surface area contributed by atoms with Crippen LogP contribution >= 0.6 is 34.3 Å². The molecule has 4 aromatic carbocycles. The van der Waals surface area contributed by atoms with Crippen LogP contribution in [-0.2, 0) is 18.9 Å². The molecule has 0 bridgehead atoms. The number of unbranched alkanes of at least 4 members (excludes halogenated alkanes) is 2. The van der Waals surface area contributed by atoms with E-state index in [2.05, 4.69) is 93.6 Å². The molecule has 0 spiro atoms. The number of halogens is 1. The second-order valence-electron chi connectivity index (χ2n) is 22.0. The van der Waals surface area contributed by atoms with Gasteiger partial charge < -0.3 is 47.9 Å². The largest absolute Gasteiger partial charge is 0.511 e. The number of piperazine rings is 2. The molecule has 1 N–H and O–H groups in total. The SMILES string of the molecule is O=C(OCCl)OC1CCCCC1.O=C(OCOc1ccc2ccc(OCCCCN3CCN(c4cccc5sccc45)CC3)cc2n1)OC1CCCCC1.O=c1ccc2ccc(OCCCCN3CCN(c4cccc5sccc45)CC3)cc2[nH]1. The highest BCUT2D eigenvalue weighted by molar-refractivity contribution is 7.17. The molecule has 6 heterocycles. The number of aromatic amines is 1. The van der Waals surface area contributed by atoms with Gasteiger partial charge in [0.15, 0.2) is 6.07 Å². The molecule has 2 aliphatic carbocycles. The van der Waals surface area contributed by atoms with Gasteiger partial charge in [-0.3, -0.25) is 14.6 Å². The van der Waals surface area contributed by atoms with E-state index in [0.717, 1.165) is 176 Å². The predicted octanol–water partition coefficient (Wildman–Crippen LogP) is 14.6. The molecule has 452 valence electrons. The number of carbonyl (C=O) groups is 2. The maximum atomic E-state index is 11.9. The van der Waals surface area contributed by atoms with Crippen LogP contribution in [0.3, 0.4) is 0 Å². The minimum Gasteiger partial charge on any atom is -0.494 e. The summed E-state index contributed by atoms with van der Waals surface area (Å²) >= 11 is 8.82. The maximum Gasteiger partial charge on any atom is 0.511 e.